The summed E-state index contributed by atoms with van der Waals surface area (Å²) < 4.78 is 25.8. The third-order valence-electron chi connectivity index (χ3n) is 5.22. The third-order valence-corrected chi connectivity index (χ3v) is 5.22. The van der Waals surface area contributed by atoms with Gasteiger partial charge in [0, 0.05) is 24.2 Å². The molecule has 0 bridgehead atoms. The number of hydrogen-bond acceptors (Lipinski definition) is 2. The monoisotopic (exact) mass is 362 g/mol. The van der Waals surface area contributed by atoms with Crippen LogP contribution in [0.2, 0.25) is 0 Å². The van der Waals surface area contributed by atoms with Gasteiger partial charge in [-0.2, -0.15) is 5.10 Å². The average Bonchev–Trinajstić information content (AvgIpc) is 2.95. The van der Waals surface area contributed by atoms with E-state index in [4.69, 9.17) is 0 Å². The van der Waals surface area contributed by atoms with Gasteiger partial charge in [0.25, 0.3) is 6.43 Å². The molecule has 1 saturated carbocycles. The predicted molar refractivity (Wildman–Crippen MR) is 96.7 cm³/mol. The van der Waals surface area contributed by atoms with Crippen molar-refractivity contribution in [1.29, 1.82) is 0 Å². The van der Waals surface area contributed by atoms with Crippen LogP contribution in [0, 0.1) is 13.8 Å². The first-order valence-electron chi connectivity index (χ1n) is 8.82. The van der Waals surface area contributed by atoms with E-state index in [1.807, 2.05) is 0 Å². The quantitative estimate of drug-likeness (QED) is 0.816. The molecule has 1 aliphatic rings. The summed E-state index contributed by atoms with van der Waals surface area (Å²) in [5, 5.41) is 9.42. The zero-order valence-electron chi connectivity index (χ0n) is 15.1. The molecule has 0 saturated heterocycles. The van der Waals surface area contributed by atoms with Crippen molar-refractivity contribution in [2.45, 2.75) is 51.5 Å². The second kappa shape index (κ2) is 7.43. The van der Waals surface area contributed by atoms with Gasteiger partial charge in [0.1, 0.15) is 6.54 Å². The van der Waals surface area contributed by atoms with Crippen LogP contribution < -0.4 is 10.6 Å². The molecule has 1 aromatic carbocycles. The van der Waals surface area contributed by atoms with Crippen molar-refractivity contribution in [3.63, 3.8) is 0 Å². The summed E-state index contributed by atoms with van der Waals surface area (Å²) in [6.45, 7) is 4.24. The molecule has 140 valence electrons. The van der Waals surface area contributed by atoms with E-state index in [9.17, 15) is 13.6 Å². The molecule has 0 radical (unpaired) electrons. The van der Waals surface area contributed by atoms with Crippen LogP contribution in [0.5, 0.6) is 0 Å². The Morgan fingerprint density at radius 2 is 2.04 bits per heavy atom. The molecule has 2 N–H and O–H groups in total. The normalized spacial score (nSPS) is 15.6. The first kappa shape index (κ1) is 18.4. The number of halogens is 2. The molecule has 0 unspecified atom stereocenters. The summed E-state index contributed by atoms with van der Waals surface area (Å²) in [5.74, 6) is 0.261. The molecule has 26 heavy (non-hydrogen) atoms. The van der Waals surface area contributed by atoms with Crippen LogP contribution in [0.15, 0.2) is 30.5 Å². The maximum atomic E-state index is 12.3. The highest BCUT2D eigenvalue weighted by atomic mass is 19.3. The van der Waals surface area contributed by atoms with Gasteiger partial charge in [0.2, 0.25) is 0 Å². The van der Waals surface area contributed by atoms with Crippen molar-refractivity contribution in [3.05, 3.63) is 47.2 Å². The fraction of sp³-hybridized carbons (Fsp3) is 0.474. The largest absolute Gasteiger partial charge is 0.337 e. The smallest absolute Gasteiger partial charge is 0.320 e. The van der Waals surface area contributed by atoms with Gasteiger partial charge < -0.3 is 5.32 Å². The van der Waals surface area contributed by atoms with Gasteiger partial charge >= 0.3 is 6.03 Å². The molecule has 0 atom stereocenters. The lowest BCUT2D eigenvalue weighted by atomic mass is 9.64. The molecule has 1 aliphatic carbocycles. The van der Waals surface area contributed by atoms with E-state index < -0.39 is 13.0 Å². The number of nitrogens with zero attached hydrogens (tertiary/aromatic N) is 2. The van der Waals surface area contributed by atoms with Crippen LogP contribution >= 0.6 is 0 Å². The van der Waals surface area contributed by atoms with Crippen LogP contribution in [0.3, 0.4) is 0 Å². The van der Waals surface area contributed by atoms with E-state index in [0.29, 0.717) is 6.54 Å². The molecule has 1 fully saturated rings. The SMILES string of the molecule is Cc1ccc(C2(CNC(=O)Nc3ccn(CC(F)F)n3)CCC2)cc1C. The molecular formula is C19H24F2N4O. The molecule has 1 aromatic heterocycles. The molecular weight excluding hydrogens is 338 g/mol. The number of hydrogen-bond donors (Lipinski definition) is 2. The summed E-state index contributed by atoms with van der Waals surface area (Å²) in [6, 6.07) is 7.61. The number of aryl methyl sites for hydroxylation is 2. The van der Waals surface area contributed by atoms with Crippen molar-refractivity contribution >= 4 is 11.8 Å². The lowest BCUT2D eigenvalue weighted by Gasteiger charge is -2.42. The van der Waals surface area contributed by atoms with Crippen molar-refractivity contribution in [2.75, 3.05) is 11.9 Å². The predicted octanol–water partition coefficient (Wildman–Crippen LogP) is 4.01. The van der Waals surface area contributed by atoms with E-state index >= 15 is 0 Å². The minimum absolute atomic E-state index is 0.0230. The number of benzene rings is 1. The fourth-order valence-corrected chi connectivity index (χ4v) is 3.32. The summed E-state index contributed by atoms with van der Waals surface area (Å²) in [7, 11) is 0. The molecule has 5 nitrogen and oxygen atoms in total. The molecule has 0 aliphatic heterocycles. The lowest BCUT2D eigenvalue weighted by Crippen LogP contribution is -2.46. The van der Waals surface area contributed by atoms with E-state index in [1.165, 1.54) is 29.0 Å². The minimum atomic E-state index is -2.48. The number of nitrogens with one attached hydrogen (secondary N) is 2. The standard InChI is InChI=1S/C19H24F2N4O/c1-13-4-5-15(10-14(13)2)19(7-3-8-19)12-22-18(26)23-17-6-9-25(24-17)11-16(20)21/h4-6,9-10,16H,3,7-8,11-12H2,1-2H3,(H2,22,23,24,26). The van der Waals surface area contributed by atoms with E-state index in [2.05, 4.69) is 47.8 Å². The van der Waals surface area contributed by atoms with Crippen LogP contribution in [0.25, 0.3) is 0 Å². The Labute approximate surface area is 151 Å². The number of carbonyl (C=O) groups excluding carboxylic acids is 1. The van der Waals surface area contributed by atoms with Gasteiger partial charge in [-0.3, -0.25) is 10.00 Å². The van der Waals surface area contributed by atoms with Crippen LogP contribution in [-0.4, -0.2) is 28.8 Å². The van der Waals surface area contributed by atoms with Gasteiger partial charge in [-0.25, -0.2) is 13.6 Å². The maximum absolute atomic E-state index is 12.3. The summed E-state index contributed by atoms with van der Waals surface area (Å²) in [5.41, 5.74) is 3.75. The first-order valence-corrected chi connectivity index (χ1v) is 8.82. The number of anilines is 1. The van der Waals surface area contributed by atoms with Crippen LogP contribution in [0.4, 0.5) is 19.4 Å². The van der Waals surface area contributed by atoms with E-state index in [1.54, 1.807) is 0 Å². The van der Waals surface area contributed by atoms with Gasteiger partial charge in [-0.15, -0.1) is 0 Å². The zero-order chi connectivity index (χ0) is 18.7. The van der Waals surface area contributed by atoms with Gasteiger partial charge in [0.15, 0.2) is 5.82 Å². The molecule has 3 rings (SSSR count). The Morgan fingerprint density at radius 3 is 2.65 bits per heavy atom. The molecule has 2 aromatic rings. The molecule has 0 spiro atoms. The highest BCUT2D eigenvalue weighted by Gasteiger charge is 2.39. The van der Waals surface area contributed by atoms with Crippen molar-refractivity contribution in [3.8, 4) is 0 Å². The minimum Gasteiger partial charge on any atom is -0.337 e. The zero-order valence-corrected chi connectivity index (χ0v) is 15.1. The Hall–Kier alpha value is -2.44. The highest BCUT2D eigenvalue weighted by Crippen LogP contribution is 2.43. The van der Waals surface area contributed by atoms with Gasteiger partial charge in [-0.05, 0) is 43.4 Å². The van der Waals surface area contributed by atoms with Crippen molar-refractivity contribution in [2.24, 2.45) is 0 Å². The number of amides is 2. The Bertz CT molecular complexity index is 784. The second-order valence-electron chi connectivity index (χ2n) is 7.05. The van der Waals surface area contributed by atoms with Gasteiger partial charge in [-0.1, -0.05) is 24.6 Å². The molecule has 1 heterocycles. The average molecular weight is 362 g/mol. The highest BCUT2D eigenvalue weighted by molar-refractivity contribution is 5.88. The van der Waals surface area contributed by atoms with Crippen LogP contribution in [-0.2, 0) is 12.0 Å². The number of rotatable bonds is 6. The number of urea groups is 1. The van der Waals surface area contributed by atoms with Crippen molar-refractivity contribution in [1.82, 2.24) is 15.1 Å². The van der Waals surface area contributed by atoms with Crippen molar-refractivity contribution < 1.29 is 13.6 Å². The Balaban J connectivity index is 1.59. The number of aromatic nitrogens is 2. The number of carbonyl (C=O) groups is 1. The Kier molecular flexibility index (Phi) is 5.25. The number of alkyl halides is 2. The maximum Gasteiger partial charge on any atom is 0.320 e. The Morgan fingerprint density at radius 1 is 1.27 bits per heavy atom. The first-order chi connectivity index (χ1) is 12.4. The van der Waals surface area contributed by atoms with Crippen LogP contribution in [0.1, 0.15) is 36.0 Å². The summed E-state index contributed by atoms with van der Waals surface area (Å²) >= 11 is 0. The lowest BCUT2D eigenvalue weighted by molar-refractivity contribution is 0.122. The molecule has 7 heteroatoms. The third kappa shape index (κ3) is 4.03. The summed E-state index contributed by atoms with van der Waals surface area (Å²) in [4.78, 5) is 12.2. The topological polar surface area (TPSA) is 59.0 Å². The summed E-state index contributed by atoms with van der Waals surface area (Å²) in [6.07, 6.45) is 2.17. The fourth-order valence-electron chi connectivity index (χ4n) is 3.32. The van der Waals surface area contributed by atoms with Gasteiger partial charge in [0.05, 0.1) is 0 Å². The van der Waals surface area contributed by atoms with E-state index in [-0.39, 0.29) is 17.3 Å². The molecule has 2 amide bonds. The second-order valence-corrected chi connectivity index (χ2v) is 7.05. The van der Waals surface area contributed by atoms with E-state index in [0.717, 1.165) is 23.9 Å².